The van der Waals surface area contributed by atoms with E-state index in [9.17, 15) is 8.42 Å². The van der Waals surface area contributed by atoms with Crippen LogP contribution in [0.25, 0.3) is 0 Å². The van der Waals surface area contributed by atoms with E-state index in [1.54, 1.807) is 12.1 Å². The van der Waals surface area contributed by atoms with Crippen LogP contribution in [0.15, 0.2) is 36.5 Å². The maximum Gasteiger partial charge on any atom is 0.229 e. The third kappa shape index (κ3) is 4.21. The molecule has 0 unspecified atom stereocenters. The summed E-state index contributed by atoms with van der Waals surface area (Å²) >= 11 is 0. The normalized spacial score (nSPS) is 11.5. The summed E-state index contributed by atoms with van der Waals surface area (Å²) in [4.78, 5) is 4.26. The van der Waals surface area contributed by atoms with Crippen molar-refractivity contribution in [2.24, 2.45) is 0 Å². The highest BCUT2D eigenvalue weighted by Gasteiger charge is 2.10. The summed E-state index contributed by atoms with van der Waals surface area (Å²) in [6.07, 6.45) is 2.61. The van der Waals surface area contributed by atoms with Gasteiger partial charge in [0.05, 0.1) is 18.1 Å². The van der Waals surface area contributed by atoms with Crippen molar-refractivity contribution in [3.63, 3.8) is 0 Å². The van der Waals surface area contributed by atoms with E-state index in [4.69, 9.17) is 0 Å². The fourth-order valence-corrected chi connectivity index (χ4v) is 2.76. The van der Waals surface area contributed by atoms with Crippen molar-refractivity contribution in [1.29, 1.82) is 0 Å². The number of nitrogens with zero attached hydrogens (tertiary/aromatic N) is 1. The van der Waals surface area contributed by atoms with Crippen LogP contribution >= 0.6 is 0 Å². The van der Waals surface area contributed by atoms with Crippen molar-refractivity contribution >= 4 is 27.2 Å². The molecule has 6 heteroatoms. The molecule has 1 heterocycles. The van der Waals surface area contributed by atoms with Gasteiger partial charge >= 0.3 is 0 Å². The van der Waals surface area contributed by atoms with E-state index in [-0.39, 0.29) is 0 Å². The molecule has 2 aromatic rings. The summed E-state index contributed by atoms with van der Waals surface area (Å²) in [5.41, 5.74) is 3.86. The molecule has 2 rings (SSSR count). The van der Waals surface area contributed by atoms with Crippen molar-refractivity contribution in [2.75, 3.05) is 16.3 Å². The van der Waals surface area contributed by atoms with Crippen LogP contribution in [0.5, 0.6) is 0 Å². The number of pyridine rings is 1. The second kappa shape index (κ2) is 6.36. The summed E-state index contributed by atoms with van der Waals surface area (Å²) in [6, 6.07) is 9.63. The highest BCUT2D eigenvalue weighted by atomic mass is 32.2. The zero-order chi connectivity index (χ0) is 16.3. The molecule has 1 aromatic carbocycles. The third-order valence-electron chi connectivity index (χ3n) is 3.25. The standard InChI is InChI=1S/C16H21N3O2S/c1-11(2)14-7-5-6-12(3)16(14)18-15-9-8-13(10-17-15)19-22(4,20)21/h5-11,19H,1-4H3,(H,17,18). The molecule has 0 spiro atoms. The van der Waals surface area contributed by atoms with E-state index >= 15 is 0 Å². The highest BCUT2D eigenvalue weighted by Crippen LogP contribution is 2.29. The predicted octanol–water partition coefficient (Wildman–Crippen LogP) is 3.63. The molecular weight excluding hydrogens is 298 g/mol. The van der Waals surface area contributed by atoms with Crippen LogP contribution in [0.4, 0.5) is 17.2 Å². The van der Waals surface area contributed by atoms with Crippen LogP contribution in [-0.4, -0.2) is 19.7 Å². The first kappa shape index (κ1) is 16.3. The maximum absolute atomic E-state index is 11.2. The topological polar surface area (TPSA) is 71.1 Å². The van der Waals surface area contributed by atoms with Gasteiger partial charge < -0.3 is 5.32 Å². The number of anilines is 3. The fraction of sp³-hybridized carbons (Fsp3) is 0.312. The molecule has 0 aliphatic carbocycles. The molecule has 22 heavy (non-hydrogen) atoms. The summed E-state index contributed by atoms with van der Waals surface area (Å²) in [7, 11) is -3.28. The van der Waals surface area contributed by atoms with Crippen LogP contribution in [0.1, 0.15) is 30.9 Å². The molecule has 0 amide bonds. The molecule has 0 bridgehead atoms. The zero-order valence-electron chi connectivity index (χ0n) is 13.2. The molecule has 0 saturated carbocycles. The van der Waals surface area contributed by atoms with E-state index < -0.39 is 10.0 Å². The molecule has 0 aliphatic heterocycles. The number of nitrogens with one attached hydrogen (secondary N) is 2. The van der Waals surface area contributed by atoms with Crippen LogP contribution in [0.2, 0.25) is 0 Å². The minimum atomic E-state index is -3.28. The average Bonchev–Trinajstić information content (AvgIpc) is 2.41. The third-order valence-corrected chi connectivity index (χ3v) is 3.85. The monoisotopic (exact) mass is 319 g/mol. The first-order valence-electron chi connectivity index (χ1n) is 7.06. The zero-order valence-corrected chi connectivity index (χ0v) is 14.0. The van der Waals surface area contributed by atoms with Crippen LogP contribution in [-0.2, 0) is 10.0 Å². The Labute approximate surface area is 131 Å². The van der Waals surface area contributed by atoms with Gasteiger partial charge in [-0.3, -0.25) is 4.72 Å². The summed E-state index contributed by atoms with van der Waals surface area (Å²) in [5.74, 6) is 1.07. The molecule has 1 aromatic heterocycles. The van der Waals surface area contributed by atoms with Gasteiger partial charge in [0.15, 0.2) is 0 Å². The number of hydrogen-bond acceptors (Lipinski definition) is 4. The number of benzene rings is 1. The van der Waals surface area contributed by atoms with E-state index in [2.05, 4.69) is 34.9 Å². The summed E-state index contributed by atoms with van der Waals surface area (Å²) < 4.78 is 24.8. The van der Waals surface area contributed by atoms with Crippen molar-refractivity contribution in [2.45, 2.75) is 26.7 Å². The fourth-order valence-electron chi connectivity index (χ4n) is 2.21. The van der Waals surface area contributed by atoms with Gasteiger partial charge in [0.2, 0.25) is 10.0 Å². The van der Waals surface area contributed by atoms with Gasteiger partial charge in [0.25, 0.3) is 0 Å². The van der Waals surface area contributed by atoms with Gasteiger partial charge in [-0.05, 0) is 36.1 Å². The van der Waals surface area contributed by atoms with E-state index in [0.29, 0.717) is 17.4 Å². The second-order valence-electron chi connectivity index (χ2n) is 5.63. The Morgan fingerprint density at radius 1 is 1.14 bits per heavy atom. The highest BCUT2D eigenvalue weighted by molar-refractivity contribution is 7.92. The van der Waals surface area contributed by atoms with Crippen LogP contribution < -0.4 is 10.0 Å². The molecule has 0 aliphatic rings. The van der Waals surface area contributed by atoms with Gasteiger partial charge in [0.1, 0.15) is 5.82 Å². The average molecular weight is 319 g/mol. The summed E-state index contributed by atoms with van der Waals surface area (Å²) in [6.45, 7) is 6.34. The van der Waals surface area contributed by atoms with E-state index in [1.807, 2.05) is 19.1 Å². The molecule has 0 radical (unpaired) electrons. The minimum Gasteiger partial charge on any atom is -0.340 e. The predicted molar refractivity (Wildman–Crippen MR) is 91.3 cm³/mol. The Bertz CT molecular complexity index is 753. The lowest BCUT2D eigenvalue weighted by atomic mass is 9.98. The summed E-state index contributed by atoms with van der Waals surface area (Å²) in [5, 5.41) is 3.32. The first-order valence-corrected chi connectivity index (χ1v) is 8.96. The van der Waals surface area contributed by atoms with Crippen LogP contribution in [0.3, 0.4) is 0 Å². The number of para-hydroxylation sites is 1. The van der Waals surface area contributed by atoms with Crippen molar-refractivity contribution in [3.05, 3.63) is 47.7 Å². The number of aromatic nitrogens is 1. The molecule has 0 fully saturated rings. The molecule has 5 nitrogen and oxygen atoms in total. The van der Waals surface area contributed by atoms with Gasteiger partial charge in [0, 0.05) is 5.69 Å². The van der Waals surface area contributed by atoms with Crippen molar-refractivity contribution in [1.82, 2.24) is 4.98 Å². The quantitative estimate of drug-likeness (QED) is 0.883. The Morgan fingerprint density at radius 3 is 2.41 bits per heavy atom. The minimum absolute atomic E-state index is 0.397. The van der Waals surface area contributed by atoms with Crippen molar-refractivity contribution < 1.29 is 8.42 Å². The lowest BCUT2D eigenvalue weighted by Gasteiger charge is -2.17. The Morgan fingerprint density at radius 2 is 1.86 bits per heavy atom. The van der Waals surface area contributed by atoms with Gasteiger partial charge in [-0.15, -0.1) is 0 Å². The number of sulfonamides is 1. The van der Waals surface area contributed by atoms with Gasteiger partial charge in [-0.25, -0.2) is 13.4 Å². The Hall–Kier alpha value is -2.08. The lowest BCUT2D eigenvalue weighted by molar-refractivity contribution is 0.607. The lowest BCUT2D eigenvalue weighted by Crippen LogP contribution is -2.10. The first-order chi connectivity index (χ1) is 10.3. The Kier molecular flexibility index (Phi) is 4.71. The van der Waals surface area contributed by atoms with Crippen LogP contribution in [0, 0.1) is 6.92 Å². The molecule has 0 atom stereocenters. The SMILES string of the molecule is Cc1cccc(C(C)C)c1Nc1ccc(NS(C)(=O)=O)cn1. The number of hydrogen-bond donors (Lipinski definition) is 2. The molecule has 2 N–H and O–H groups in total. The molecule has 0 saturated heterocycles. The van der Waals surface area contributed by atoms with Gasteiger partial charge in [-0.2, -0.15) is 0 Å². The van der Waals surface area contributed by atoms with E-state index in [1.165, 1.54) is 11.8 Å². The Balaban J connectivity index is 2.25. The van der Waals surface area contributed by atoms with E-state index in [0.717, 1.165) is 17.5 Å². The maximum atomic E-state index is 11.2. The molecule has 118 valence electrons. The smallest absolute Gasteiger partial charge is 0.229 e. The van der Waals surface area contributed by atoms with Crippen molar-refractivity contribution in [3.8, 4) is 0 Å². The van der Waals surface area contributed by atoms with Gasteiger partial charge in [-0.1, -0.05) is 32.0 Å². The molecular formula is C16H21N3O2S. The number of aryl methyl sites for hydroxylation is 1. The largest absolute Gasteiger partial charge is 0.340 e. The second-order valence-corrected chi connectivity index (χ2v) is 7.37. The number of rotatable bonds is 5.